The Labute approximate surface area is 83.1 Å². The molecule has 74 valence electrons. The zero-order valence-electron chi connectivity index (χ0n) is 8.56. The van der Waals surface area contributed by atoms with Gasteiger partial charge in [0.15, 0.2) is 0 Å². The lowest BCUT2D eigenvalue weighted by atomic mass is 10.1. The van der Waals surface area contributed by atoms with Gasteiger partial charge < -0.3 is 4.74 Å². The lowest BCUT2D eigenvalue weighted by Gasteiger charge is -2.11. The molecule has 0 N–H and O–H groups in total. The van der Waals surface area contributed by atoms with Gasteiger partial charge in [0.05, 0.1) is 13.2 Å². The van der Waals surface area contributed by atoms with Crippen LogP contribution in [0, 0.1) is 6.92 Å². The number of benzene rings is 1. The number of nitrogens with zero attached hydrogens (tertiary/aromatic N) is 3. The molecular formula is C10H13N3O. The molecule has 0 amide bonds. The fraction of sp³-hybridized carbons (Fsp3) is 0.400. The van der Waals surface area contributed by atoms with E-state index in [4.69, 9.17) is 10.3 Å². The van der Waals surface area contributed by atoms with Crippen molar-refractivity contribution >= 4 is 0 Å². The van der Waals surface area contributed by atoms with Gasteiger partial charge in [0.25, 0.3) is 0 Å². The third-order valence-electron chi connectivity index (χ3n) is 2.06. The van der Waals surface area contributed by atoms with Gasteiger partial charge in [-0.1, -0.05) is 29.7 Å². The van der Waals surface area contributed by atoms with Crippen LogP contribution < -0.4 is 4.74 Å². The van der Waals surface area contributed by atoms with Crippen LogP contribution in [0.4, 0.5) is 0 Å². The van der Waals surface area contributed by atoms with Crippen molar-refractivity contribution < 1.29 is 4.74 Å². The highest BCUT2D eigenvalue weighted by atomic mass is 16.5. The average Bonchev–Trinajstić information content (AvgIpc) is 2.18. The predicted octanol–water partition coefficient (Wildman–Crippen LogP) is 3.37. The minimum Gasteiger partial charge on any atom is -0.496 e. The van der Waals surface area contributed by atoms with Crippen molar-refractivity contribution in [1.29, 1.82) is 0 Å². The summed E-state index contributed by atoms with van der Waals surface area (Å²) in [4.78, 5) is 2.79. The van der Waals surface area contributed by atoms with E-state index in [1.165, 1.54) is 0 Å². The molecule has 14 heavy (non-hydrogen) atoms. The van der Waals surface area contributed by atoms with Crippen LogP contribution >= 0.6 is 0 Å². The maximum Gasteiger partial charge on any atom is 0.122 e. The van der Waals surface area contributed by atoms with Crippen LogP contribution in [0.25, 0.3) is 10.4 Å². The first-order chi connectivity index (χ1) is 6.69. The van der Waals surface area contributed by atoms with Crippen LogP contribution in [0.3, 0.4) is 0 Å². The van der Waals surface area contributed by atoms with E-state index >= 15 is 0 Å². The van der Waals surface area contributed by atoms with E-state index < -0.39 is 0 Å². The van der Waals surface area contributed by atoms with Crippen molar-refractivity contribution in [2.24, 2.45) is 5.11 Å². The standard InChI is InChI=1S/C10H13N3O/c1-7-4-5-10(14-3)9(6-7)8(2)12-13-11/h4-6,8H,1-3H3/t8-/m0/s1. The predicted molar refractivity (Wildman–Crippen MR) is 55.3 cm³/mol. The zero-order valence-corrected chi connectivity index (χ0v) is 8.56. The van der Waals surface area contributed by atoms with Gasteiger partial charge in [-0.3, -0.25) is 0 Å². The minimum atomic E-state index is -0.199. The van der Waals surface area contributed by atoms with Crippen molar-refractivity contribution in [3.63, 3.8) is 0 Å². The average molecular weight is 191 g/mol. The molecule has 0 aliphatic carbocycles. The molecule has 0 aliphatic heterocycles. The van der Waals surface area contributed by atoms with Gasteiger partial charge in [0.2, 0.25) is 0 Å². The molecule has 0 saturated carbocycles. The number of azide groups is 1. The van der Waals surface area contributed by atoms with E-state index in [9.17, 15) is 0 Å². The van der Waals surface area contributed by atoms with Gasteiger partial charge >= 0.3 is 0 Å². The number of hydrogen-bond acceptors (Lipinski definition) is 2. The molecule has 4 heteroatoms. The van der Waals surface area contributed by atoms with Crippen molar-refractivity contribution in [1.82, 2.24) is 0 Å². The molecule has 1 aromatic carbocycles. The maximum absolute atomic E-state index is 8.35. The van der Waals surface area contributed by atoms with E-state index in [0.717, 1.165) is 16.9 Å². The van der Waals surface area contributed by atoms with Crippen molar-refractivity contribution in [2.45, 2.75) is 19.9 Å². The summed E-state index contributed by atoms with van der Waals surface area (Å²) in [7, 11) is 1.61. The second kappa shape index (κ2) is 4.53. The van der Waals surface area contributed by atoms with Crippen molar-refractivity contribution in [2.75, 3.05) is 7.11 Å². The van der Waals surface area contributed by atoms with Crippen molar-refractivity contribution in [3.05, 3.63) is 39.8 Å². The lowest BCUT2D eigenvalue weighted by Crippen LogP contribution is -1.95. The number of hydrogen-bond donors (Lipinski definition) is 0. The summed E-state index contributed by atoms with van der Waals surface area (Å²) < 4.78 is 5.18. The highest BCUT2D eigenvalue weighted by Crippen LogP contribution is 2.28. The molecule has 0 bridgehead atoms. The molecule has 0 spiro atoms. The summed E-state index contributed by atoms with van der Waals surface area (Å²) in [6.45, 7) is 3.84. The fourth-order valence-electron chi connectivity index (χ4n) is 1.32. The van der Waals surface area contributed by atoms with Crippen LogP contribution in [0.15, 0.2) is 23.3 Å². The maximum atomic E-state index is 8.35. The molecule has 1 rings (SSSR count). The summed E-state index contributed by atoms with van der Waals surface area (Å²) >= 11 is 0. The zero-order chi connectivity index (χ0) is 10.6. The van der Waals surface area contributed by atoms with Crippen LogP contribution in [0.5, 0.6) is 5.75 Å². The second-order valence-corrected chi connectivity index (χ2v) is 3.13. The van der Waals surface area contributed by atoms with Crippen LogP contribution in [-0.4, -0.2) is 7.11 Å². The summed E-state index contributed by atoms with van der Waals surface area (Å²) in [6.07, 6.45) is 0. The Balaban J connectivity index is 3.15. The molecule has 0 aromatic heterocycles. The minimum absolute atomic E-state index is 0.199. The van der Waals surface area contributed by atoms with E-state index in [0.29, 0.717) is 0 Å². The second-order valence-electron chi connectivity index (χ2n) is 3.13. The Bertz CT molecular complexity index is 370. The van der Waals surface area contributed by atoms with Gasteiger partial charge in [-0.25, -0.2) is 0 Å². The number of methoxy groups -OCH3 is 1. The molecule has 0 radical (unpaired) electrons. The highest BCUT2D eigenvalue weighted by molar-refractivity contribution is 5.38. The first-order valence-corrected chi connectivity index (χ1v) is 4.37. The molecular weight excluding hydrogens is 178 g/mol. The Kier molecular flexibility index (Phi) is 3.37. The molecule has 0 unspecified atom stereocenters. The molecule has 4 nitrogen and oxygen atoms in total. The molecule has 0 heterocycles. The fourth-order valence-corrected chi connectivity index (χ4v) is 1.32. The highest BCUT2D eigenvalue weighted by Gasteiger charge is 2.09. The third kappa shape index (κ3) is 2.18. The molecule has 0 aliphatic rings. The summed E-state index contributed by atoms with van der Waals surface area (Å²) in [5.74, 6) is 0.760. The monoisotopic (exact) mass is 191 g/mol. The first-order valence-electron chi connectivity index (χ1n) is 4.37. The quantitative estimate of drug-likeness (QED) is 0.410. The Morgan fingerprint density at radius 2 is 2.21 bits per heavy atom. The topological polar surface area (TPSA) is 58.0 Å². The molecule has 1 atom stereocenters. The van der Waals surface area contributed by atoms with Crippen LogP contribution in [-0.2, 0) is 0 Å². The van der Waals surface area contributed by atoms with Crippen molar-refractivity contribution in [3.8, 4) is 5.75 Å². The summed E-state index contributed by atoms with van der Waals surface area (Å²) in [5, 5.41) is 3.65. The molecule has 0 fully saturated rings. The van der Waals surface area contributed by atoms with E-state index in [-0.39, 0.29) is 6.04 Å². The Morgan fingerprint density at radius 3 is 2.79 bits per heavy atom. The van der Waals surface area contributed by atoms with E-state index in [2.05, 4.69) is 10.0 Å². The summed E-state index contributed by atoms with van der Waals surface area (Å²) in [5.41, 5.74) is 10.4. The van der Waals surface area contributed by atoms with E-state index in [1.807, 2.05) is 32.0 Å². The van der Waals surface area contributed by atoms with Gasteiger partial charge in [-0.2, -0.15) is 0 Å². The van der Waals surface area contributed by atoms with Gasteiger partial charge in [-0.15, -0.1) is 0 Å². The number of ether oxygens (including phenoxy) is 1. The Morgan fingerprint density at radius 1 is 1.50 bits per heavy atom. The normalized spacial score (nSPS) is 11.6. The Hall–Kier alpha value is -1.67. The first kappa shape index (κ1) is 10.4. The number of aryl methyl sites for hydroxylation is 1. The SMILES string of the molecule is COc1ccc(C)cc1[C@H](C)N=[N+]=[N-]. The number of rotatable bonds is 3. The largest absolute Gasteiger partial charge is 0.496 e. The molecule has 1 aromatic rings. The van der Waals surface area contributed by atoms with Crippen LogP contribution in [0.1, 0.15) is 24.1 Å². The van der Waals surface area contributed by atoms with E-state index in [1.54, 1.807) is 7.11 Å². The molecule has 0 saturated heterocycles. The third-order valence-corrected chi connectivity index (χ3v) is 2.06. The van der Waals surface area contributed by atoms with Gasteiger partial charge in [0.1, 0.15) is 5.75 Å². The smallest absolute Gasteiger partial charge is 0.122 e. The van der Waals surface area contributed by atoms with Gasteiger partial charge in [-0.05, 0) is 18.5 Å². The summed E-state index contributed by atoms with van der Waals surface area (Å²) in [6, 6.07) is 5.62. The van der Waals surface area contributed by atoms with Crippen LogP contribution in [0.2, 0.25) is 0 Å². The van der Waals surface area contributed by atoms with Gasteiger partial charge in [0, 0.05) is 10.5 Å². The lowest BCUT2D eigenvalue weighted by molar-refractivity contribution is 0.406.